The Hall–Kier alpha value is -5.86. The maximum Gasteiger partial charge on any atom is 0.0972 e. The maximum absolute atomic E-state index is 5.31. The van der Waals surface area contributed by atoms with Crippen molar-refractivity contribution < 1.29 is 0 Å². The monoisotopic (exact) mass is 584 g/mol. The first kappa shape index (κ1) is 25.5. The van der Waals surface area contributed by atoms with E-state index in [1.807, 2.05) is 6.07 Å². The molecule has 0 saturated heterocycles. The summed E-state index contributed by atoms with van der Waals surface area (Å²) in [6, 6.07) is 45.9. The molecule has 214 valence electrons. The lowest BCUT2D eigenvalue weighted by molar-refractivity contribution is 1.23. The largest absolute Gasteiger partial charge is 0.245 e. The van der Waals surface area contributed by atoms with Crippen molar-refractivity contribution in [2.75, 3.05) is 0 Å². The summed E-state index contributed by atoms with van der Waals surface area (Å²) < 4.78 is 0. The quantitative estimate of drug-likeness (QED) is 0.193. The number of pyridine rings is 2. The average molecular weight is 585 g/mol. The van der Waals surface area contributed by atoms with Gasteiger partial charge in [-0.3, -0.25) is 0 Å². The highest BCUT2D eigenvalue weighted by molar-refractivity contribution is 6.10. The fourth-order valence-electron chi connectivity index (χ4n) is 7.73. The van der Waals surface area contributed by atoms with Crippen molar-refractivity contribution in [1.29, 1.82) is 0 Å². The second kappa shape index (κ2) is 9.82. The molecular formula is C44H28N2. The smallest absolute Gasteiger partial charge is 0.0972 e. The minimum Gasteiger partial charge on any atom is -0.245 e. The third-order valence-electron chi connectivity index (χ3n) is 9.91. The molecule has 2 aliphatic rings. The van der Waals surface area contributed by atoms with Crippen molar-refractivity contribution in [3.8, 4) is 33.6 Å². The Bertz CT molecular complexity index is 2630. The van der Waals surface area contributed by atoms with Gasteiger partial charge in [0.05, 0.1) is 22.4 Å². The average Bonchev–Trinajstić information content (AvgIpc) is 3.13. The van der Waals surface area contributed by atoms with Crippen LogP contribution in [-0.4, -0.2) is 9.97 Å². The highest BCUT2D eigenvalue weighted by atomic mass is 14.8. The zero-order valence-corrected chi connectivity index (χ0v) is 25.2. The first-order chi connectivity index (χ1) is 22.8. The molecule has 10 rings (SSSR count). The van der Waals surface area contributed by atoms with E-state index in [0.29, 0.717) is 0 Å². The number of fused-ring (bicyclic) bond motifs is 4. The van der Waals surface area contributed by atoms with Gasteiger partial charge in [-0.15, -0.1) is 0 Å². The predicted molar refractivity (Wildman–Crippen MR) is 194 cm³/mol. The van der Waals surface area contributed by atoms with E-state index < -0.39 is 0 Å². The summed E-state index contributed by atoms with van der Waals surface area (Å²) in [5.74, 6) is 0. The second-order valence-corrected chi connectivity index (χ2v) is 12.4. The number of hydrogen-bond acceptors (Lipinski definition) is 2. The summed E-state index contributed by atoms with van der Waals surface area (Å²) in [7, 11) is 0. The molecule has 2 heteroatoms. The Morgan fingerprint density at radius 3 is 1.93 bits per heavy atom. The van der Waals surface area contributed by atoms with Crippen molar-refractivity contribution in [3.05, 3.63) is 156 Å². The summed E-state index contributed by atoms with van der Waals surface area (Å²) in [5.41, 5.74) is 14.3. The van der Waals surface area contributed by atoms with Crippen molar-refractivity contribution in [2.45, 2.75) is 12.8 Å². The topological polar surface area (TPSA) is 25.8 Å². The molecule has 0 aliphatic heterocycles. The zero-order chi connectivity index (χ0) is 30.2. The molecule has 0 saturated carbocycles. The van der Waals surface area contributed by atoms with Crippen LogP contribution in [-0.2, 0) is 6.42 Å². The second-order valence-electron chi connectivity index (χ2n) is 12.4. The van der Waals surface area contributed by atoms with Crippen LogP contribution in [0.3, 0.4) is 0 Å². The van der Waals surface area contributed by atoms with Crippen molar-refractivity contribution >= 4 is 55.0 Å². The maximum atomic E-state index is 5.31. The Kier molecular flexibility index (Phi) is 5.44. The van der Waals surface area contributed by atoms with Crippen molar-refractivity contribution in [1.82, 2.24) is 9.97 Å². The lowest BCUT2D eigenvalue weighted by atomic mass is 9.78. The SMILES string of the molecule is C1=Cc2ccc3ccc(-c4ccc(-c5ccc6ccc7ccc(-c8ccccc8)nc7c6n5)c5ccccc45)c4c3c2C(=CC4)C1. The molecular weight excluding hydrogens is 556 g/mol. The number of benzene rings is 6. The van der Waals surface area contributed by atoms with E-state index in [-0.39, 0.29) is 0 Å². The minimum absolute atomic E-state index is 0.932. The van der Waals surface area contributed by atoms with E-state index in [4.69, 9.17) is 9.97 Å². The normalized spacial score (nSPS) is 13.5. The molecule has 0 spiro atoms. The molecule has 0 unspecified atom stereocenters. The van der Waals surface area contributed by atoms with E-state index in [0.717, 1.165) is 57.2 Å². The summed E-state index contributed by atoms with van der Waals surface area (Å²) in [5, 5.41) is 7.40. The number of allylic oxidation sites excluding steroid dienone is 3. The standard InChI is InChI=1S/C44H28N2/c1-2-7-27(8-3-1)39-25-19-31-15-16-32-20-26-40(46-44(32)43(31)45-39)37-24-23-35(33-11-4-5-12-34(33)37)36-21-17-30-14-13-28-9-6-10-29-18-22-38(36)42(30)41(28)29/h1-9,11-21,23-26H,10,22H2. The molecule has 0 atom stereocenters. The molecule has 2 aliphatic carbocycles. The molecule has 2 heterocycles. The Labute approximate surface area is 267 Å². The van der Waals surface area contributed by atoms with Crippen molar-refractivity contribution in [2.24, 2.45) is 0 Å². The van der Waals surface area contributed by atoms with Crippen LogP contribution in [0.4, 0.5) is 0 Å². The van der Waals surface area contributed by atoms with Gasteiger partial charge in [0.25, 0.3) is 0 Å². The van der Waals surface area contributed by atoms with Gasteiger partial charge < -0.3 is 0 Å². The Morgan fingerprint density at radius 1 is 0.478 bits per heavy atom. The summed E-state index contributed by atoms with van der Waals surface area (Å²) in [4.78, 5) is 10.4. The van der Waals surface area contributed by atoms with E-state index in [1.165, 1.54) is 54.9 Å². The highest BCUT2D eigenvalue weighted by Gasteiger charge is 2.23. The van der Waals surface area contributed by atoms with Crippen LogP contribution >= 0.6 is 0 Å². The van der Waals surface area contributed by atoms with Gasteiger partial charge in [0, 0.05) is 21.9 Å². The van der Waals surface area contributed by atoms with E-state index in [1.54, 1.807) is 0 Å². The zero-order valence-electron chi connectivity index (χ0n) is 25.2. The van der Waals surface area contributed by atoms with Crippen LogP contribution < -0.4 is 0 Å². The van der Waals surface area contributed by atoms with Gasteiger partial charge in [-0.25, -0.2) is 9.97 Å². The lowest BCUT2D eigenvalue weighted by Gasteiger charge is -2.25. The van der Waals surface area contributed by atoms with Crippen LogP contribution in [0.1, 0.15) is 23.1 Å². The molecule has 0 fully saturated rings. The summed E-state index contributed by atoms with van der Waals surface area (Å²) >= 11 is 0. The summed E-state index contributed by atoms with van der Waals surface area (Å²) in [6.45, 7) is 0. The molecule has 0 radical (unpaired) electrons. The first-order valence-electron chi connectivity index (χ1n) is 16.0. The number of nitrogens with zero attached hydrogens (tertiary/aromatic N) is 2. The fraction of sp³-hybridized carbons (Fsp3) is 0.0455. The van der Waals surface area contributed by atoms with Gasteiger partial charge in [-0.1, -0.05) is 133 Å². The molecule has 2 nitrogen and oxygen atoms in total. The number of hydrogen-bond donors (Lipinski definition) is 0. The molecule has 0 amide bonds. The van der Waals surface area contributed by atoms with Crippen LogP contribution in [0, 0.1) is 0 Å². The van der Waals surface area contributed by atoms with Crippen LogP contribution in [0.2, 0.25) is 0 Å². The number of aromatic nitrogens is 2. The van der Waals surface area contributed by atoms with Gasteiger partial charge in [0.1, 0.15) is 0 Å². The van der Waals surface area contributed by atoms with Crippen LogP contribution in [0.25, 0.3) is 88.6 Å². The highest BCUT2D eigenvalue weighted by Crippen LogP contribution is 2.45. The lowest BCUT2D eigenvalue weighted by Crippen LogP contribution is -2.04. The minimum atomic E-state index is 0.932. The number of rotatable bonds is 3. The van der Waals surface area contributed by atoms with Gasteiger partial charge in [0.2, 0.25) is 0 Å². The van der Waals surface area contributed by atoms with E-state index >= 15 is 0 Å². The summed E-state index contributed by atoms with van der Waals surface area (Å²) in [6.07, 6.45) is 9.01. The van der Waals surface area contributed by atoms with Gasteiger partial charge in [-0.05, 0) is 79.9 Å². The third-order valence-corrected chi connectivity index (χ3v) is 9.91. The Morgan fingerprint density at radius 2 is 1.11 bits per heavy atom. The van der Waals surface area contributed by atoms with Gasteiger partial charge >= 0.3 is 0 Å². The molecule has 8 aromatic rings. The predicted octanol–water partition coefficient (Wildman–Crippen LogP) is 11.4. The van der Waals surface area contributed by atoms with Crippen LogP contribution in [0.5, 0.6) is 0 Å². The third kappa shape index (κ3) is 3.77. The molecule has 2 aromatic heterocycles. The van der Waals surface area contributed by atoms with Crippen LogP contribution in [0.15, 0.2) is 140 Å². The van der Waals surface area contributed by atoms with E-state index in [9.17, 15) is 0 Å². The van der Waals surface area contributed by atoms with Crippen molar-refractivity contribution in [3.63, 3.8) is 0 Å². The molecule has 6 aromatic carbocycles. The van der Waals surface area contributed by atoms with Gasteiger partial charge in [-0.2, -0.15) is 0 Å². The fourth-order valence-corrected chi connectivity index (χ4v) is 7.73. The first-order valence-corrected chi connectivity index (χ1v) is 16.0. The molecule has 46 heavy (non-hydrogen) atoms. The molecule has 0 bridgehead atoms. The molecule has 0 N–H and O–H groups in total. The van der Waals surface area contributed by atoms with Gasteiger partial charge in [0.15, 0.2) is 0 Å². The Balaban J connectivity index is 1.16. The van der Waals surface area contributed by atoms with E-state index in [2.05, 4.69) is 140 Å².